The molecule has 0 saturated heterocycles. The molecule has 5 heteroatoms. The molecule has 0 radical (unpaired) electrons. The lowest BCUT2D eigenvalue weighted by Crippen LogP contribution is -2.42. The van der Waals surface area contributed by atoms with E-state index in [-0.39, 0.29) is 12.0 Å². The molecular formula is C18H37NO4. The summed E-state index contributed by atoms with van der Waals surface area (Å²) in [5, 5.41) is 12.6. The van der Waals surface area contributed by atoms with Gasteiger partial charge in [0.25, 0.3) is 0 Å². The summed E-state index contributed by atoms with van der Waals surface area (Å²) in [7, 11) is 0. The minimum Gasteiger partial charge on any atom is -0.444 e. The van der Waals surface area contributed by atoms with Crippen LogP contribution in [0, 0.1) is 11.3 Å². The molecule has 1 unspecified atom stereocenters. The highest BCUT2D eigenvalue weighted by Crippen LogP contribution is 2.27. The van der Waals surface area contributed by atoms with Crippen molar-refractivity contribution in [3.8, 4) is 0 Å². The molecule has 5 nitrogen and oxygen atoms in total. The van der Waals surface area contributed by atoms with Crippen molar-refractivity contribution in [2.75, 3.05) is 26.4 Å². The van der Waals surface area contributed by atoms with Gasteiger partial charge in [0.2, 0.25) is 0 Å². The molecule has 0 fully saturated rings. The molecule has 1 amide bonds. The average molecular weight is 331 g/mol. The van der Waals surface area contributed by atoms with E-state index in [1.165, 1.54) is 0 Å². The molecule has 0 bridgehead atoms. The Balaban J connectivity index is 4.39. The van der Waals surface area contributed by atoms with Crippen LogP contribution in [-0.4, -0.2) is 43.2 Å². The number of amides is 1. The van der Waals surface area contributed by atoms with Crippen LogP contribution in [0.4, 0.5) is 4.79 Å². The van der Waals surface area contributed by atoms with Crippen LogP contribution in [0.25, 0.3) is 0 Å². The molecule has 1 atom stereocenters. The number of aliphatic hydroxyl groups is 1. The van der Waals surface area contributed by atoms with Gasteiger partial charge in [-0.05, 0) is 46.0 Å². The van der Waals surface area contributed by atoms with Crippen LogP contribution in [0.2, 0.25) is 0 Å². The van der Waals surface area contributed by atoms with Gasteiger partial charge >= 0.3 is 6.09 Å². The van der Waals surface area contributed by atoms with Crippen molar-refractivity contribution in [1.29, 1.82) is 0 Å². The molecule has 0 aliphatic carbocycles. The number of alkyl carbamates (subject to hydrolysis) is 1. The minimum atomic E-state index is -0.517. The Kier molecular flexibility index (Phi) is 10.5. The topological polar surface area (TPSA) is 67.8 Å². The highest BCUT2D eigenvalue weighted by molar-refractivity contribution is 5.67. The number of carbonyl (C=O) groups is 1. The molecule has 0 heterocycles. The van der Waals surface area contributed by atoms with Gasteiger partial charge in [-0.3, -0.25) is 0 Å². The second-order valence-corrected chi connectivity index (χ2v) is 7.81. The van der Waals surface area contributed by atoms with Gasteiger partial charge in [-0.25, -0.2) is 4.79 Å². The standard InChI is InChI=1S/C18H37NO4/c1-7-9-18(14-20,10-12-22-11-8-15(2)3)13-19-16(21)23-17(4,5)6/h15,20H,7-14H2,1-6H3,(H,19,21). The Morgan fingerprint density at radius 2 is 1.83 bits per heavy atom. The zero-order chi connectivity index (χ0) is 17.9. The Bertz CT molecular complexity index is 325. The maximum atomic E-state index is 11.8. The van der Waals surface area contributed by atoms with Crippen molar-refractivity contribution >= 4 is 6.09 Å². The Morgan fingerprint density at radius 1 is 1.17 bits per heavy atom. The smallest absolute Gasteiger partial charge is 0.407 e. The van der Waals surface area contributed by atoms with Crippen molar-refractivity contribution in [1.82, 2.24) is 5.32 Å². The first kappa shape index (κ1) is 22.2. The number of ether oxygens (including phenoxy) is 2. The molecule has 0 aliphatic rings. The molecule has 0 aliphatic heterocycles. The summed E-state index contributed by atoms with van der Waals surface area (Å²) < 4.78 is 10.9. The molecule has 0 spiro atoms. The van der Waals surface area contributed by atoms with Crippen LogP contribution in [0.15, 0.2) is 0 Å². The maximum absolute atomic E-state index is 11.8. The van der Waals surface area contributed by atoms with E-state index in [0.717, 1.165) is 32.3 Å². The minimum absolute atomic E-state index is 0.0319. The third-order valence-electron chi connectivity index (χ3n) is 3.74. The van der Waals surface area contributed by atoms with Crippen molar-refractivity contribution in [3.05, 3.63) is 0 Å². The molecule has 0 rings (SSSR count). The summed E-state index contributed by atoms with van der Waals surface area (Å²) >= 11 is 0. The second-order valence-electron chi connectivity index (χ2n) is 7.81. The molecule has 138 valence electrons. The van der Waals surface area contributed by atoms with E-state index in [0.29, 0.717) is 19.1 Å². The molecule has 2 N–H and O–H groups in total. The van der Waals surface area contributed by atoms with Gasteiger partial charge in [-0.15, -0.1) is 0 Å². The fraction of sp³-hybridized carbons (Fsp3) is 0.944. The van der Waals surface area contributed by atoms with Crippen LogP contribution in [-0.2, 0) is 9.47 Å². The lowest BCUT2D eigenvalue weighted by Gasteiger charge is -2.32. The molecule has 0 saturated carbocycles. The first-order valence-electron chi connectivity index (χ1n) is 8.79. The first-order valence-corrected chi connectivity index (χ1v) is 8.79. The van der Waals surface area contributed by atoms with E-state index in [4.69, 9.17) is 9.47 Å². The van der Waals surface area contributed by atoms with Gasteiger partial charge in [0.05, 0.1) is 6.61 Å². The summed E-state index contributed by atoms with van der Waals surface area (Å²) in [5.41, 5.74) is -0.861. The van der Waals surface area contributed by atoms with Crippen LogP contribution >= 0.6 is 0 Å². The number of nitrogens with one attached hydrogen (secondary N) is 1. The van der Waals surface area contributed by atoms with Crippen molar-refractivity contribution in [2.45, 2.75) is 72.8 Å². The number of hydrogen-bond acceptors (Lipinski definition) is 4. The van der Waals surface area contributed by atoms with E-state index in [1.54, 1.807) is 0 Å². The lowest BCUT2D eigenvalue weighted by molar-refractivity contribution is 0.0323. The zero-order valence-corrected chi connectivity index (χ0v) is 15.9. The van der Waals surface area contributed by atoms with Gasteiger partial charge in [-0.1, -0.05) is 27.2 Å². The monoisotopic (exact) mass is 331 g/mol. The number of rotatable bonds is 11. The lowest BCUT2D eigenvalue weighted by atomic mass is 9.81. The summed E-state index contributed by atoms with van der Waals surface area (Å²) in [6, 6.07) is 0. The summed E-state index contributed by atoms with van der Waals surface area (Å²) in [4.78, 5) is 11.8. The van der Waals surface area contributed by atoms with Gasteiger partial charge < -0.3 is 19.9 Å². The fourth-order valence-corrected chi connectivity index (χ4v) is 2.33. The summed E-state index contributed by atoms with van der Waals surface area (Å²) in [6.07, 6.45) is 3.11. The van der Waals surface area contributed by atoms with Crippen LogP contribution in [0.1, 0.15) is 67.2 Å². The van der Waals surface area contributed by atoms with E-state index >= 15 is 0 Å². The maximum Gasteiger partial charge on any atom is 0.407 e. The number of carbonyl (C=O) groups excluding carboxylic acids is 1. The fourth-order valence-electron chi connectivity index (χ4n) is 2.33. The predicted octanol–water partition coefficient (Wildman–Crippen LogP) is 3.74. The third kappa shape index (κ3) is 11.4. The zero-order valence-electron chi connectivity index (χ0n) is 15.9. The highest BCUT2D eigenvalue weighted by Gasteiger charge is 2.30. The summed E-state index contributed by atoms with van der Waals surface area (Å²) in [5.74, 6) is 0.627. The van der Waals surface area contributed by atoms with Gasteiger partial charge in [0, 0.05) is 25.2 Å². The third-order valence-corrected chi connectivity index (χ3v) is 3.74. The first-order chi connectivity index (χ1) is 10.6. The predicted molar refractivity (Wildman–Crippen MR) is 93.6 cm³/mol. The Hall–Kier alpha value is -0.810. The summed E-state index contributed by atoms with van der Waals surface area (Å²) in [6.45, 7) is 13.7. The second kappa shape index (κ2) is 10.9. The van der Waals surface area contributed by atoms with Crippen LogP contribution < -0.4 is 5.32 Å². The van der Waals surface area contributed by atoms with E-state index in [2.05, 4.69) is 26.1 Å². The Morgan fingerprint density at radius 3 is 2.30 bits per heavy atom. The largest absolute Gasteiger partial charge is 0.444 e. The van der Waals surface area contributed by atoms with Gasteiger partial charge in [-0.2, -0.15) is 0 Å². The van der Waals surface area contributed by atoms with E-state index < -0.39 is 11.7 Å². The van der Waals surface area contributed by atoms with Crippen LogP contribution in [0.5, 0.6) is 0 Å². The molecule has 0 aromatic heterocycles. The normalized spacial score (nSPS) is 14.6. The molecule has 0 aromatic rings. The molecular weight excluding hydrogens is 294 g/mol. The number of aliphatic hydroxyl groups excluding tert-OH is 1. The van der Waals surface area contributed by atoms with Crippen molar-refractivity contribution in [3.63, 3.8) is 0 Å². The van der Waals surface area contributed by atoms with E-state index in [9.17, 15) is 9.90 Å². The molecule has 23 heavy (non-hydrogen) atoms. The van der Waals surface area contributed by atoms with Crippen molar-refractivity contribution < 1.29 is 19.4 Å². The van der Waals surface area contributed by atoms with Crippen molar-refractivity contribution in [2.24, 2.45) is 11.3 Å². The average Bonchev–Trinajstić information content (AvgIpc) is 2.42. The van der Waals surface area contributed by atoms with Crippen LogP contribution in [0.3, 0.4) is 0 Å². The Labute approximate surface area is 142 Å². The molecule has 0 aromatic carbocycles. The van der Waals surface area contributed by atoms with Gasteiger partial charge in [0.1, 0.15) is 5.60 Å². The number of hydrogen-bond donors (Lipinski definition) is 2. The highest BCUT2D eigenvalue weighted by atomic mass is 16.6. The van der Waals surface area contributed by atoms with Gasteiger partial charge in [0.15, 0.2) is 0 Å². The SMILES string of the molecule is CCCC(CO)(CCOCCC(C)C)CNC(=O)OC(C)(C)C. The van der Waals surface area contributed by atoms with E-state index in [1.807, 2.05) is 20.8 Å². The quantitative estimate of drug-likeness (QED) is 0.566.